The fourth-order valence-electron chi connectivity index (χ4n) is 12.3. The Balaban J connectivity index is 1.15. The Bertz CT molecular complexity index is 3970. The molecule has 0 amide bonds. The van der Waals surface area contributed by atoms with Crippen LogP contribution in [-0.4, -0.2) is 19.6 Å². The molecule has 1 N–H and O–H groups in total. The van der Waals surface area contributed by atoms with Crippen LogP contribution in [0.4, 0.5) is 0 Å². The van der Waals surface area contributed by atoms with Gasteiger partial charge in [-0.3, -0.25) is 9.55 Å². The Hall–Kier alpha value is -7.76. The second kappa shape index (κ2) is 16.1. The molecule has 3 heterocycles. The summed E-state index contributed by atoms with van der Waals surface area (Å²) in [6, 6.07) is 58.4. The van der Waals surface area contributed by atoms with E-state index in [1.165, 1.54) is 22.1 Å². The number of pyridine rings is 1. The molecule has 1 aliphatic rings. The van der Waals surface area contributed by atoms with E-state index < -0.39 is 5.41 Å². The minimum absolute atomic E-state index is 0.00792. The SMILES string of the molecule is CC(C)(C)c1cc(-c2cc(-c3ccccc3)ccn2)cc(-c2cccc3c2nc(-c2cc4c(oc5c6ccc7c(c6ccc45)C(C)(C)CC7(C)C)c(C(C)(C)C)c2O)n3-c2ccccc2-c2ccccc2)c1. The van der Waals surface area contributed by atoms with Crippen molar-refractivity contribution < 1.29 is 9.52 Å². The van der Waals surface area contributed by atoms with Crippen molar-refractivity contribution in [2.75, 3.05) is 0 Å². The van der Waals surface area contributed by atoms with Crippen LogP contribution in [0.15, 0.2) is 174 Å². The fraction of sp³-hybridized carbons (Fsp3) is 0.224. The zero-order valence-corrected chi connectivity index (χ0v) is 43.1. The molecule has 0 fully saturated rings. The third kappa shape index (κ3) is 7.27. The number of aromatic hydroxyl groups is 1. The van der Waals surface area contributed by atoms with Gasteiger partial charge in [-0.15, -0.1) is 0 Å². The summed E-state index contributed by atoms with van der Waals surface area (Å²) < 4.78 is 9.39. The van der Waals surface area contributed by atoms with Gasteiger partial charge in [0.15, 0.2) is 0 Å². The molecule has 0 unspecified atom stereocenters. The second-order valence-corrected chi connectivity index (χ2v) is 23.5. The van der Waals surface area contributed by atoms with Gasteiger partial charge in [-0.25, -0.2) is 4.98 Å². The predicted molar refractivity (Wildman–Crippen MR) is 301 cm³/mol. The normalized spacial score (nSPS) is 14.5. The molecule has 72 heavy (non-hydrogen) atoms. The minimum atomic E-state index is -0.505. The molecule has 356 valence electrons. The topological polar surface area (TPSA) is 64.1 Å². The van der Waals surface area contributed by atoms with Crippen LogP contribution in [0, 0.1) is 0 Å². The molecule has 8 aromatic carbocycles. The molecule has 0 saturated heterocycles. The Kier molecular flexibility index (Phi) is 10.2. The van der Waals surface area contributed by atoms with E-state index in [0.717, 1.165) is 95.1 Å². The highest BCUT2D eigenvalue weighted by atomic mass is 16.3. The number of hydrogen-bond acceptors (Lipinski definition) is 4. The first-order chi connectivity index (χ1) is 34.4. The van der Waals surface area contributed by atoms with Gasteiger partial charge in [0.1, 0.15) is 22.7 Å². The standard InChI is InChI=1S/C67H61N3O2/c1-64(2,3)45-35-43(34-44(36-45)54-37-42(32-33-68-54)40-20-13-11-14-21-40)47-25-19-27-56-59(47)69-63(70(56)55-26-18-17-24-46(55)41-22-15-12-16-23-41)52-38-51-50-29-28-48-49(30-31-53-57(48)67(9,10)39-66(53,7)8)61(50)72-62(51)58(60(52)71)65(4,5)6/h11-38,71H,39H2,1-10H3. The molecule has 1 aliphatic carbocycles. The number of benzene rings is 8. The summed E-state index contributed by atoms with van der Waals surface area (Å²) in [5, 5.41) is 17.4. The lowest BCUT2D eigenvalue weighted by Crippen LogP contribution is -2.18. The molecule has 11 aromatic rings. The number of fused-ring (bicyclic) bond motifs is 8. The van der Waals surface area contributed by atoms with Crippen LogP contribution in [0.3, 0.4) is 0 Å². The fourth-order valence-corrected chi connectivity index (χ4v) is 12.3. The van der Waals surface area contributed by atoms with Gasteiger partial charge in [-0.1, -0.05) is 184 Å². The quantitative estimate of drug-likeness (QED) is 0.180. The van der Waals surface area contributed by atoms with Crippen LogP contribution in [0.1, 0.15) is 97.9 Å². The predicted octanol–water partition coefficient (Wildman–Crippen LogP) is 18.1. The first-order valence-corrected chi connectivity index (χ1v) is 25.4. The number of aromatic nitrogens is 3. The van der Waals surface area contributed by atoms with Gasteiger partial charge >= 0.3 is 0 Å². The van der Waals surface area contributed by atoms with Gasteiger partial charge in [0.2, 0.25) is 0 Å². The van der Waals surface area contributed by atoms with Crippen LogP contribution >= 0.6 is 0 Å². The summed E-state index contributed by atoms with van der Waals surface area (Å²) in [6.45, 7) is 22.7. The summed E-state index contributed by atoms with van der Waals surface area (Å²) >= 11 is 0. The number of para-hydroxylation sites is 2. The lowest BCUT2D eigenvalue weighted by atomic mass is 9.81. The maximum Gasteiger partial charge on any atom is 0.149 e. The molecule has 0 spiro atoms. The van der Waals surface area contributed by atoms with Gasteiger partial charge < -0.3 is 9.52 Å². The molecule has 0 aliphatic heterocycles. The number of furan rings is 1. The average Bonchev–Trinajstić information content (AvgIpc) is 3.99. The van der Waals surface area contributed by atoms with Gasteiger partial charge in [0.05, 0.1) is 28.0 Å². The van der Waals surface area contributed by atoms with Crippen LogP contribution in [0.25, 0.3) is 105 Å². The second-order valence-electron chi connectivity index (χ2n) is 23.5. The number of imidazole rings is 1. The highest BCUT2D eigenvalue weighted by molar-refractivity contribution is 6.18. The summed E-state index contributed by atoms with van der Waals surface area (Å²) in [7, 11) is 0. The zero-order chi connectivity index (χ0) is 50.1. The van der Waals surface area contributed by atoms with Crippen molar-refractivity contribution >= 4 is 43.7 Å². The van der Waals surface area contributed by atoms with Gasteiger partial charge in [0, 0.05) is 44.6 Å². The molecule has 0 bridgehead atoms. The van der Waals surface area contributed by atoms with E-state index in [9.17, 15) is 5.11 Å². The van der Waals surface area contributed by atoms with Crippen molar-refractivity contribution in [3.8, 4) is 67.5 Å². The molecule has 5 nitrogen and oxygen atoms in total. The Morgan fingerprint density at radius 2 is 1.18 bits per heavy atom. The number of nitrogens with zero attached hydrogens (tertiary/aromatic N) is 3. The molecule has 0 saturated carbocycles. The van der Waals surface area contributed by atoms with E-state index >= 15 is 0 Å². The minimum Gasteiger partial charge on any atom is -0.507 e. The highest BCUT2D eigenvalue weighted by Crippen LogP contribution is 2.54. The summed E-state index contributed by atoms with van der Waals surface area (Å²) in [4.78, 5) is 10.7. The summed E-state index contributed by atoms with van der Waals surface area (Å²) in [6.07, 6.45) is 2.99. The first kappa shape index (κ1) is 45.4. The lowest BCUT2D eigenvalue weighted by molar-refractivity contribution is 0.404. The largest absolute Gasteiger partial charge is 0.507 e. The van der Waals surface area contributed by atoms with E-state index in [1.54, 1.807) is 0 Å². The number of hydrogen-bond donors (Lipinski definition) is 1. The monoisotopic (exact) mass is 939 g/mol. The van der Waals surface area contributed by atoms with Crippen LogP contribution in [0.5, 0.6) is 5.75 Å². The van der Waals surface area contributed by atoms with E-state index in [4.69, 9.17) is 14.4 Å². The lowest BCUT2D eigenvalue weighted by Gasteiger charge is -2.23. The smallest absolute Gasteiger partial charge is 0.149 e. The highest BCUT2D eigenvalue weighted by Gasteiger charge is 2.43. The van der Waals surface area contributed by atoms with E-state index in [-0.39, 0.29) is 22.0 Å². The van der Waals surface area contributed by atoms with Crippen molar-refractivity contribution in [3.63, 3.8) is 0 Å². The van der Waals surface area contributed by atoms with Crippen molar-refractivity contribution in [1.29, 1.82) is 0 Å². The van der Waals surface area contributed by atoms with E-state index in [1.807, 2.05) is 12.3 Å². The van der Waals surface area contributed by atoms with Gasteiger partial charge in [0.25, 0.3) is 0 Å². The molecular weight excluding hydrogens is 879 g/mol. The van der Waals surface area contributed by atoms with Gasteiger partial charge in [-0.05, 0) is 121 Å². The third-order valence-corrected chi connectivity index (χ3v) is 15.4. The van der Waals surface area contributed by atoms with Crippen molar-refractivity contribution in [2.24, 2.45) is 0 Å². The van der Waals surface area contributed by atoms with Crippen molar-refractivity contribution in [3.05, 3.63) is 192 Å². The van der Waals surface area contributed by atoms with Crippen LogP contribution in [0.2, 0.25) is 0 Å². The summed E-state index contributed by atoms with van der Waals surface area (Å²) in [5.41, 5.74) is 17.5. The van der Waals surface area contributed by atoms with E-state index in [2.05, 4.69) is 232 Å². The average molecular weight is 940 g/mol. The molecular formula is C67H61N3O2. The molecule has 5 heteroatoms. The summed E-state index contributed by atoms with van der Waals surface area (Å²) in [5.74, 6) is 0.811. The number of phenols is 1. The molecule has 0 atom stereocenters. The van der Waals surface area contributed by atoms with Crippen LogP contribution in [-0.2, 0) is 21.7 Å². The maximum atomic E-state index is 13.1. The third-order valence-electron chi connectivity index (χ3n) is 15.4. The van der Waals surface area contributed by atoms with Crippen LogP contribution < -0.4 is 0 Å². The number of rotatable bonds is 6. The van der Waals surface area contributed by atoms with Crippen molar-refractivity contribution in [2.45, 2.75) is 97.3 Å². The maximum absolute atomic E-state index is 13.1. The Morgan fingerprint density at radius 1 is 0.528 bits per heavy atom. The molecule has 0 radical (unpaired) electrons. The number of phenolic OH excluding ortho intramolecular Hbond substituents is 1. The first-order valence-electron chi connectivity index (χ1n) is 25.4. The van der Waals surface area contributed by atoms with E-state index in [0.29, 0.717) is 17.0 Å². The van der Waals surface area contributed by atoms with Crippen molar-refractivity contribution in [1.82, 2.24) is 14.5 Å². The molecule has 12 rings (SSSR count). The Morgan fingerprint density at radius 3 is 1.92 bits per heavy atom. The zero-order valence-electron chi connectivity index (χ0n) is 43.1. The Labute approximate surface area is 422 Å². The molecule has 3 aromatic heterocycles. The van der Waals surface area contributed by atoms with Gasteiger partial charge in [-0.2, -0.15) is 0 Å².